The third-order valence-corrected chi connectivity index (χ3v) is 3.99. The van der Waals surface area contributed by atoms with Gasteiger partial charge in [-0.2, -0.15) is 0 Å². The second-order valence-corrected chi connectivity index (χ2v) is 6.61. The molecule has 0 saturated carbocycles. The number of esters is 1. The van der Waals surface area contributed by atoms with Crippen LogP contribution >= 0.6 is 0 Å². The van der Waals surface area contributed by atoms with Crippen molar-refractivity contribution < 1.29 is 39.4 Å². The SMILES string of the molecule is CC(=O)OC(COC/C=C/c1ccc(O)c(O)c1)COC/C=C/c1ccc(O)c(O)c1. The van der Waals surface area contributed by atoms with Gasteiger partial charge < -0.3 is 34.6 Å². The second kappa shape index (κ2) is 12.3. The number of benzene rings is 2. The molecule has 31 heavy (non-hydrogen) atoms. The molecule has 0 heterocycles. The fraction of sp³-hybridized carbons (Fsp3) is 0.261. The molecule has 0 saturated heterocycles. The standard InChI is InChI=1S/C23H26O8/c1-16(24)31-19(14-29-10-2-4-17-6-8-20(25)22(27)12-17)15-30-11-3-5-18-7-9-21(26)23(28)13-18/h2-9,12-13,19,25-28H,10-11,14-15H2,1H3/b4-2+,5-3+. The van der Waals surface area contributed by atoms with Crippen LogP contribution in [0.15, 0.2) is 48.6 Å². The summed E-state index contributed by atoms with van der Waals surface area (Å²) in [6.07, 6.45) is 6.33. The normalized spacial score (nSPS) is 11.5. The van der Waals surface area contributed by atoms with Crippen molar-refractivity contribution in [2.45, 2.75) is 13.0 Å². The number of carbonyl (C=O) groups is 1. The van der Waals surface area contributed by atoms with E-state index in [0.717, 1.165) is 0 Å². The summed E-state index contributed by atoms with van der Waals surface area (Å²) in [4.78, 5) is 11.3. The van der Waals surface area contributed by atoms with Crippen molar-refractivity contribution >= 4 is 18.1 Å². The molecule has 8 heteroatoms. The Hall–Kier alpha value is -3.49. The van der Waals surface area contributed by atoms with Gasteiger partial charge in [-0.05, 0) is 35.4 Å². The van der Waals surface area contributed by atoms with E-state index in [0.29, 0.717) is 11.1 Å². The van der Waals surface area contributed by atoms with E-state index in [9.17, 15) is 25.2 Å². The fourth-order valence-electron chi connectivity index (χ4n) is 2.54. The molecule has 0 bridgehead atoms. The van der Waals surface area contributed by atoms with E-state index in [-0.39, 0.29) is 49.4 Å². The number of phenols is 4. The van der Waals surface area contributed by atoms with E-state index >= 15 is 0 Å². The molecule has 0 aromatic heterocycles. The number of ether oxygens (including phenoxy) is 3. The first kappa shape index (κ1) is 23.8. The maximum atomic E-state index is 11.3. The van der Waals surface area contributed by atoms with Crippen LogP contribution in [0, 0.1) is 0 Å². The molecule has 2 aromatic carbocycles. The van der Waals surface area contributed by atoms with E-state index in [1.165, 1.54) is 31.2 Å². The van der Waals surface area contributed by atoms with Crippen LogP contribution in [0.2, 0.25) is 0 Å². The molecule has 0 unspecified atom stereocenters. The molecule has 0 aliphatic rings. The number of carbonyl (C=O) groups excluding carboxylic acids is 1. The third kappa shape index (κ3) is 8.81. The minimum atomic E-state index is -0.574. The van der Waals surface area contributed by atoms with Gasteiger partial charge in [0.05, 0.1) is 26.4 Å². The lowest BCUT2D eigenvalue weighted by Gasteiger charge is -2.16. The number of aromatic hydroxyl groups is 4. The molecule has 0 aliphatic carbocycles. The molecule has 2 rings (SSSR count). The predicted octanol–water partition coefficient (Wildman–Crippen LogP) is 3.20. The average Bonchev–Trinajstić information content (AvgIpc) is 2.72. The number of phenolic OH excluding ortho intramolecular Hbond substituents is 4. The van der Waals surface area contributed by atoms with Gasteiger partial charge in [-0.25, -0.2) is 0 Å². The molecule has 8 nitrogen and oxygen atoms in total. The highest BCUT2D eigenvalue weighted by molar-refractivity contribution is 5.66. The van der Waals surface area contributed by atoms with E-state index in [1.807, 2.05) is 0 Å². The van der Waals surface area contributed by atoms with Crippen LogP contribution in [-0.2, 0) is 19.0 Å². The molecule has 4 N–H and O–H groups in total. The summed E-state index contributed by atoms with van der Waals surface area (Å²) >= 11 is 0. The lowest BCUT2D eigenvalue weighted by Crippen LogP contribution is -2.27. The van der Waals surface area contributed by atoms with Gasteiger partial charge >= 0.3 is 5.97 Å². The van der Waals surface area contributed by atoms with Crippen LogP contribution in [0.25, 0.3) is 12.2 Å². The number of hydrogen-bond donors (Lipinski definition) is 4. The molecule has 0 radical (unpaired) electrons. The Labute approximate surface area is 180 Å². The molecule has 0 fully saturated rings. The first-order valence-corrected chi connectivity index (χ1v) is 9.55. The summed E-state index contributed by atoms with van der Waals surface area (Å²) in [6, 6.07) is 8.93. The summed E-state index contributed by atoms with van der Waals surface area (Å²) in [6.45, 7) is 2.09. The summed E-state index contributed by atoms with van der Waals surface area (Å²) in [5, 5.41) is 37.5. The second-order valence-electron chi connectivity index (χ2n) is 6.61. The van der Waals surface area contributed by atoms with Gasteiger partial charge in [-0.15, -0.1) is 0 Å². The monoisotopic (exact) mass is 430 g/mol. The van der Waals surface area contributed by atoms with Crippen LogP contribution in [0.3, 0.4) is 0 Å². The van der Waals surface area contributed by atoms with Crippen LogP contribution in [-0.4, -0.2) is 58.9 Å². The van der Waals surface area contributed by atoms with Crippen molar-refractivity contribution in [3.05, 3.63) is 59.7 Å². The highest BCUT2D eigenvalue weighted by atomic mass is 16.6. The third-order valence-electron chi connectivity index (χ3n) is 3.99. The number of hydrogen-bond acceptors (Lipinski definition) is 8. The van der Waals surface area contributed by atoms with Gasteiger partial charge in [0.25, 0.3) is 0 Å². The Balaban J connectivity index is 1.73. The Morgan fingerprint density at radius 2 is 1.26 bits per heavy atom. The molecular formula is C23H26O8. The maximum Gasteiger partial charge on any atom is 0.303 e. The summed E-state index contributed by atoms with van der Waals surface area (Å²) in [5.74, 6) is -1.22. The Morgan fingerprint density at radius 3 is 1.65 bits per heavy atom. The summed E-state index contributed by atoms with van der Waals surface area (Å²) in [7, 11) is 0. The molecular weight excluding hydrogens is 404 g/mol. The molecule has 0 spiro atoms. The lowest BCUT2D eigenvalue weighted by atomic mass is 10.2. The zero-order valence-electron chi connectivity index (χ0n) is 17.1. The van der Waals surface area contributed by atoms with Crippen LogP contribution in [0.4, 0.5) is 0 Å². The number of rotatable bonds is 11. The minimum Gasteiger partial charge on any atom is -0.504 e. The topological polar surface area (TPSA) is 126 Å². The average molecular weight is 430 g/mol. The van der Waals surface area contributed by atoms with Gasteiger partial charge in [0.1, 0.15) is 6.10 Å². The van der Waals surface area contributed by atoms with E-state index < -0.39 is 12.1 Å². The smallest absolute Gasteiger partial charge is 0.303 e. The van der Waals surface area contributed by atoms with Crippen LogP contribution in [0.1, 0.15) is 18.1 Å². The summed E-state index contributed by atoms with van der Waals surface area (Å²) in [5.41, 5.74) is 1.40. The minimum absolute atomic E-state index is 0.139. The zero-order valence-corrected chi connectivity index (χ0v) is 17.1. The van der Waals surface area contributed by atoms with Crippen LogP contribution in [0.5, 0.6) is 23.0 Å². The largest absolute Gasteiger partial charge is 0.504 e. The van der Waals surface area contributed by atoms with Crippen molar-refractivity contribution in [3.8, 4) is 23.0 Å². The first-order chi connectivity index (χ1) is 14.8. The fourth-order valence-corrected chi connectivity index (χ4v) is 2.54. The quantitative estimate of drug-likeness (QED) is 0.243. The van der Waals surface area contributed by atoms with Crippen molar-refractivity contribution in [1.82, 2.24) is 0 Å². The van der Waals surface area contributed by atoms with Crippen LogP contribution < -0.4 is 0 Å². The van der Waals surface area contributed by atoms with Crippen molar-refractivity contribution in [1.29, 1.82) is 0 Å². The van der Waals surface area contributed by atoms with Gasteiger partial charge in [0.2, 0.25) is 0 Å². The van der Waals surface area contributed by atoms with E-state index in [2.05, 4.69) is 0 Å². The molecule has 2 aromatic rings. The van der Waals surface area contributed by atoms with Crippen molar-refractivity contribution in [2.24, 2.45) is 0 Å². The Kier molecular flexibility index (Phi) is 9.41. The highest BCUT2D eigenvalue weighted by Crippen LogP contribution is 2.26. The molecule has 166 valence electrons. The first-order valence-electron chi connectivity index (χ1n) is 9.55. The Morgan fingerprint density at radius 1 is 0.806 bits per heavy atom. The van der Waals surface area contributed by atoms with Crippen molar-refractivity contribution in [2.75, 3.05) is 26.4 Å². The van der Waals surface area contributed by atoms with Gasteiger partial charge in [-0.3, -0.25) is 4.79 Å². The van der Waals surface area contributed by atoms with Crippen molar-refractivity contribution in [3.63, 3.8) is 0 Å². The predicted molar refractivity (Wildman–Crippen MR) is 115 cm³/mol. The zero-order chi connectivity index (χ0) is 22.6. The van der Waals surface area contributed by atoms with Gasteiger partial charge in [0.15, 0.2) is 23.0 Å². The van der Waals surface area contributed by atoms with Gasteiger partial charge in [-0.1, -0.05) is 36.4 Å². The lowest BCUT2D eigenvalue weighted by molar-refractivity contribution is -0.152. The summed E-state index contributed by atoms with van der Waals surface area (Å²) < 4.78 is 16.2. The maximum absolute atomic E-state index is 11.3. The molecule has 0 aliphatic heterocycles. The highest BCUT2D eigenvalue weighted by Gasteiger charge is 2.12. The molecule has 0 amide bonds. The van der Waals surface area contributed by atoms with E-state index in [4.69, 9.17) is 14.2 Å². The van der Waals surface area contributed by atoms with Gasteiger partial charge in [0, 0.05) is 6.92 Å². The molecule has 0 atom stereocenters. The van der Waals surface area contributed by atoms with E-state index in [1.54, 1.807) is 36.4 Å². The Bertz CT molecular complexity index is 852.